The third-order valence-electron chi connectivity index (χ3n) is 3.96. The second kappa shape index (κ2) is 8.50. The normalized spacial score (nSPS) is 15.5. The highest BCUT2D eigenvalue weighted by molar-refractivity contribution is 8.18. The molecule has 1 aliphatic rings. The molecule has 1 heterocycles. The second-order valence-corrected chi connectivity index (χ2v) is 7.07. The molecule has 7 heteroatoms. The Morgan fingerprint density at radius 2 is 1.93 bits per heavy atom. The summed E-state index contributed by atoms with van der Waals surface area (Å²) in [5, 5.41) is 0.194. The third-order valence-corrected chi connectivity index (χ3v) is 5.24. The molecule has 27 heavy (non-hydrogen) atoms. The van der Waals surface area contributed by atoms with Gasteiger partial charge in [0.25, 0.3) is 11.1 Å². The van der Waals surface area contributed by atoms with Crippen molar-refractivity contribution in [3.63, 3.8) is 0 Å². The molecule has 0 spiro atoms. The Labute approximate surface area is 166 Å². The van der Waals surface area contributed by atoms with Gasteiger partial charge in [-0.1, -0.05) is 41.9 Å². The largest absolute Gasteiger partial charge is 0.493 e. The number of nitrogens with zero attached hydrogens (tertiary/aromatic N) is 1. The van der Waals surface area contributed by atoms with E-state index in [9.17, 15) is 9.59 Å². The van der Waals surface area contributed by atoms with Crippen LogP contribution in [0.3, 0.4) is 0 Å². The van der Waals surface area contributed by atoms with Crippen LogP contribution in [0, 0.1) is 0 Å². The number of hydrogen-bond acceptors (Lipinski definition) is 5. The number of hydrogen-bond donors (Lipinski definition) is 0. The Kier molecular flexibility index (Phi) is 6.08. The van der Waals surface area contributed by atoms with Crippen molar-refractivity contribution in [2.45, 2.75) is 13.5 Å². The lowest BCUT2D eigenvalue weighted by Crippen LogP contribution is -2.27. The summed E-state index contributed by atoms with van der Waals surface area (Å²) >= 11 is 7.05. The first-order valence-electron chi connectivity index (χ1n) is 8.33. The van der Waals surface area contributed by atoms with Gasteiger partial charge in [-0.2, -0.15) is 0 Å². The van der Waals surface area contributed by atoms with Crippen LogP contribution in [-0.2, 0) is 11.3 Å². The first-order valence-corrected chi connectivity index (χ1v) is 9.53. The zero-order valence-corrected chi connectivity index (χ0v) is 16.5. The molecule has 0 aliphatic carbocycles. The minimum absolute atomic E-state index is 0.137. The van der Waals surface area contributed by atoms with E-state index in [2.05, 4.69) is 0 Å². The molecule has 2 amide bonds. The Morgan fingerprint density at radius 3 is 2.63 bits per heavy atom. The molecule has 3 rings (SSSR count). The van der Waals surface area contributed by atoms with Crippen molar-refractivity contribution < 1.29 is 19.1 Å². The predicted octanol–water partition coefficient (Wildman–Crippen LogP) is 4.98. The summed E-state index contributed by atoms with van der Waals surface area (Å²) in [6.07, 6.45) is 1.66. The number of methoxy groups -OCH3 is 1. The zero-order valence-electron chi connectivity index (χ0n) is 14.9. The van der Waals surface area contributed by atoms with E-state index in [4.69, 9.17) is 21.1 Å². The SMILES string of the molecule is CCOc1c(/C=C2\SC(=O)N(Cc3ccccc3Cl)C2=O)cccc1OC. The van der Waals surface area contributed by atoms with Crippen LogP contribution in [0.15, 0.2) is 47.4 Å². The van der Waals surface area contributed by atoms with E-state index in [0.29, 0.717) is 33.6 Å². The minimum Gasteiger partial charge on any atom is -0.493 e. The molecule has 0 N–H and O–H groups in total. The fourth-order valence-electron chi connectivity index (χ4n) is 2.68. The lowest BCUT2D eigenvalue weighted by Gasteiger charge is -2.14. The molecule has 0 bridgehead atoms. The molecule has 1 aliphatic heterocycles. The second-order valence-electron chi connectivity index (χ2n) is 5.67. The molecule has 2 aromatic carbocycles. The van der Waals surface area contributed by atoms with Crippen molar-refractivity contribution in [2.75, 3.05) is 13.7 Å². The van der Waals surface area contributed by atoms with Crippen LogP contribution >= 0.6 is 23.4 Å². The van der Waals surface area contributed by atoms with E-state index >= 15 is 0 Å². The first-order chi connectivity index (χ1) is 13.0. The summed E-state index contributed by atoms with van der Waals surface area (Å²) in [5.74, 6) is 0.761. The molecule has 0 saturated carbocycles. The van der Waals surface area contributed by atoms with Gasteiger partial charge in [0.05, 0.1) is 25.2 Å². The molecule has 140 valence electrons. The number of halogens is 1. The van der Waals surface area contributed by atoms with E-state index in [1.807, 2.05) is 19.1 Å². The van der Waals surface area contributed by atoms with Gasteiger partial charge < -0.3 is 9.47 Å². The number of benzene rings is 2. The van der Waals surface area contributed by atoms with Crippen molar-refractivity contribution in [3.8, 4) is 11.5 Å². The lowest BCUT2D eigenvalue weighted by atomic mass is 10.1. The van der Waals surface area contributed by atoms with Gasteiger partial charge >= 0.3 is 0 Å². The highest BCUT2D eigenvalue weighted by Crippen LogP contribution is 2.38. The van der Waals surface area contributed by atoms with Crippen LogP contribution in [0.25, 0.3) is 6.08 Å². The molecule has 1 fully saturated rings. The maximum absolute atomic E-state index is 12.8. The van der Waals surface area contributed by atoms with Crippen LogP contribution in [0.2, 0.25) is 5.02 Å². The van der Waals surface area contributed by atoms with Crippen LogP contribution in [-0.4, -0.2) is 29.8 Å². The summed E-state index contributed by atoms with van der Waals surface area (Å²) in [4.78, 5) is 26.7. The molecular formula is C20H18ClNO4S. The van der Waals surface area contributed by atoms with Gasteiger partial charge in [0.1, 0.15) is 0 Å². The standard InChI is InChI=1S/C20H18ClNO4S/c1-3-26-18-13(8-6-10-16(18)25-2)11-17-19(23)22(20(24)27-17)12-14-7-4-5-9-15(14)21/h4-11H,3,12H2,1-2H3/b17-11-. The molecule has 0 atom stereocenters. The van der Waals surface area contributed by atoms with Gasteiger partial charge in [-0.05, 0) is 42.5 Å². The van der Waals surface area contributed by atoms with E-state index in [1.165, 1.54) is 4.90 Å². The van der Waals surface area contributed by atoms with Crippen LogP contribution in [0.1, 0.15) is 18.1 Å². The molecule has 2 aromatic rings. The van der Waals surface area contributed by atoms with Crippen molar-refractivity contribution in [3.05, 3.63) is 63.5 Å². The number of carbonyl (C=O) groups excluding carboxylic acids is 2. The maximum atomic E-state index is 12.8. The summed E-state index contributed by atoms with van der Waals surface area (Å²) in [7, 11) is 1.55. The Morgan fingerprint density at radius 1 is 1.15 bits per heavy atom. The topological polar surface area (TPSA) is 55.8 Å². The number of thioether (sulfide) groups is 1. The fourth-order valence-corrected chi connectivity index (χ4v) is 3.71. The average Bonchev–Trinajstić information content (AvgIpc) is 2.92. The van der Waals surface area contributed by atoms with Crippen molar-refractivity contribution in [1.82, 2.24) is 4.90 Å². The zero-order chi connectivity index (χ0) is 19.4. The van der Waals surface area contributed by atoms with E-state index in [0.717, 1.165) is 17.3 Å². The number of para-hydroxylation sites is 1. The first kappa shape index (κ1) is 19.3. The maximum Gasteiger partial charge on any atom is 0.293 e. The molecule has 1 saturated heterocycles. The van der Waals surface area contributed by atoms with Gasteiger partial charge in [-0.25, -0.2) is 0 Å². The molecular weight excluding hydrogens is 386 g/mol. The Bertz CT molecular complexity index is 913. The summed E-state index contributed by atoms with van der Waals surface area (Å²) < 4.78 is 11.0. The Balaban J connectivity index is 1.90. The number of imide groups is 1. The summed E-state index contributed by atoms with van der Waals surface area (Å²) in [6.45, 7) is 2.46. The highest BCUT2D eigenvalue weighted by atomic mass is 35.5. The lowest BCUT2D eigenvalue weighted by molar-refractivity contribution is -0.123. The van der Waals surface area contributed by atoms with E-state index < -0.39 is 0 Å². The number of ether oxygens (including phenoxy) is 2. The predicted molar refractivity (Wildman–Crippen MR) is 107 cm³/mol. The van der Waals surface area contributed by atoms with Gasteiger partial charge in [0.2, 0.25) is 0 Å². The smallest absolute Gasteiger partial charge is 0.293 e. The quantitative estimate of drug-likeness (QED) is 0.636. The van der Waals surface area contributed by atoms with E-state index in [-0.39, 0.29) is 17.7 Å². The van der Waals surface area contributed by atoms with Gasteiger partial charge in [-0.15, -0.1) is 0 Å². The average molecular weight is 404 g/mol. The number of carbonyl (C=O) groups is 2. The van der Waals surface area contributed by atoms with Gasteiger partial charge in [-0.3, -0.25) is 14.5 Å². The van der Waals surface area contributed by atoms with Crippen molar-refractivity contribution in [2.24, 2.45) is 0 Å². The van der Waals surface area contributed by atoms with Crippen LogP contribution in [0.4, 0.5) is 4.79 Å². The fraction of sp³-hybridized carbons (Fsp3) is 0.200. The molecule has 0 aromatic heterocycles. The monoisotopic (exact) mass is 403 g/mol. The van der Waals surface area contributed by atoms with E-state index in [1.54, 1.807) is 43.5 Å². The highest BCUT2D eigenvalue weighted by Gasteiger charge is 2.35. The molecule has 0 unspecified atom stereocenters. The minimum atomic E-state index is -0.352. The van der Waals surface area contributed by atoms with Crippen LogP contribution < -0.4 is 9.47 Å². The van der Waals surface area contributed by atoms with Crippen LogP contribution in [0.5, 0.6) is 11.5 Å². The Hall–Kier alpha value is -2.44. The summed E-state index contributed by atoms with van der Waals surface area (Å²) in [6, 6.07) is 12.6. The van der Waals surface area contributed by atoms with Gasteiger partial charge in [0.15, 0.2) is 11.5 Å². The van der Waals surface area contributed by atoms with Gasteiger partial charge in [0, 0.05) is 10.6 Å². The molecule has 0 radical (unpaired) electrons. The van der Waals surface area contributed by atoms with Crippen molar-refractivity contribution >= 4 is 40.6 Å². The summed E-state index contributed by atoms with van der Waals surface area (Å²) in [5.41, 5.74) is 1.40. The number of rotatable bonds is 6. The molecule has 5 nitrogen and oxygen atoms in total. The third kappa shape index (κ3) is 4.12. The number of amides is 2. The van der Waals surface area contributed by atoms with Crippen molar-refractivity contribution in [1.29, 1.82) is 0 Å².